The van der Waals surface area contributed by atoms with Crippen molar-refractivity contribution in [1.82, 2.24) is 0 Å². The van der Waals surface area contributed by atoms with Crippen LogP contribution >= 0.6 is 0 Å². The number of benzene rings is 1. The van der Waals surface area contributed by atoms with Crippen LogP contribution in [0.2, 0.25) is 0 Å². The summed E-state index contributed by atoms with van der Waals surface area (Å²) < 4.78 is 22.8. The largest absolute Gasteiger partial charge is 0.396 e. The van der Waals surface area contributed by atoms with Crippen LogP contribution in [0.1, 0.15) is 30.9 Å². The average molecular weight is 284 g/mol. The topological polar surface area (TPSA) is 54.4 Å². The molecule has 0 aliphatic rings. The second-order valence-electron chi connectivity index (χ2n) is 5.12. The Morgan fingerprint density at radius 2 is 1.84 bits per heavy atom. The Kier molecular flexibility index (Phi) is 6.52. The van der Waals surface area contributed by atoms with Gasteiger partial charge in [-0.15, -0.1) is 0 Å². The second-order valence-corrected chi connectivity index (χ2v) is 7.59. The molecular formula is C15H24O3S. The highest BCUT2D eigenvalue weighted by molar-refractivity contribution is 7.91. The minimum Gasteiger partial charge on any atom is -0.396 e. The number of aliphatic hydroxyl groups excluding tert-OH is 1. The normalized spacial score (nSPS) is 13.4. The van der Waals surface area contributed by atoms with E-state index in [1.807, 2.05) is 6.92 Å². The predicted octanol–water partition coefficient (Wildman–Crippen LogP) is 2.36. The monoisotopic (exact) mass is 284 g/mol. The van der Waals surface area contributed by atoms with E-state index in [0.717, 1.165) is 12.8 Å². The standard InChI is InChI=1S/C15H24O3S/c1-3-19(17,18)10-4-5-15(12-16)11-14-8-6-13(2)7-9-14/h6-9,15-16H,3-5,10-12H2,1-2H3. The Bertz CT molecular complexity index is 463. The van der Waals surface area contributed by atoms with E-state index in [4.69, 9.17) is 0 Å². The highest BCUT2D eigenvalue weighted by Crippen LogP contribution is 2.15. The zero-order chi connectivity index (χ0) is 14.3. The van der Waals surface area contributed by atoms with E-state index in [1.165, 1.54) is 11.1 Å². The zero-order valence-corrected chi connectivity index (χ0v) is 12.6. The molecule has 1 aromatic carbocycles. The van der Waals surface area contributed by atoms with Crippen molar-refractivity contribution in [2.75, 3.05) is 18.1 Å². The highest BCUT2D eigenvalue weighted by atomic mass is 32.2. The fourth-order valence-electron chi connectivity index (χ4n) is 2.05. The van der Waals surface area contributed by atoms with Gasteiger partial charge in [0.05, 0.1) is 5.75 Å². The zero-order valence-electron chi connectivity index (χ0n) is 11.8. The molecule has 0 saturated heterocycles. The lowest BCUT2D eigenvalue weighted by atomic mass is 9.95. The van der Waals surface area contributed by atoms with Gasteiger partial charge in [0, 0.05) is 12.4 Å². The van der Waals surface area contributed by atoms with Crippen LogP contribution in [0, 0.1) is 12.8 Å². The van der Waals surface area contributed by atoms with Crippen LogP contribution in [-0.2, 0) is 16.3 Å². The van der Waals surface area contributed by atoms with Gasteiger partial charge in [-0.2, -0.15) is 0 Å². The van der Waals surface area contributed by atoms with E-state index < -0.39 is 9.84 Å². The highest BCUT2D eigenvalue weighted by Gasteiger charge is 2.12. The molecule has 0 aliphatic carbocycles. The maximum absolute atomic E-state index is 11.4. The SMILES string of the molecule is CCS(=O)(=O)CCCC(CO)Cc1ccc(C)cc1. The Balaban J connectivity index is 2.44. The van der Waals surface area contributed by atoms with Crippen molar-refractivity contribution in [3.8, 4) is 0 Å². The van der Waals surface area contributed by atoms with Crippen LogP contribution in [0.4, 0.5) is 0 Å². The van der Waals surface area contributed by atoms with E-state index in [0.29, 0.717) is 6.42 Å². The van der Waals surface area contributed by atoms with Crippen molar-refractivity contribution in [3.05, 3.63) is 35.4 Å². The van der Waals surface area contributed by atoms with Crippen molar-refractivity contribution in [1.29, 1.82) is 0 Å². The first-order valence-electron chi connectivity index (χ1n) is 6.83. The fourth-order valence-corrected chi connectivity index (χ4v) is 2.95. The molecule has 19 heavy (non-hydrogen) atoms. The Morgan fingerprint density at radius 3 is 2.37 bits per heavy atom. The van der Waals surface area contributed by atoms with Crippen molar-refractivity contribution in [3.63, 3.8) is 0 Å². The molecule has 0 aromatic heterocycles. The van der Waals surface area contributed by atoms with Gasteiger partial charge in [0.2, 0.25) is 0 Å². The summed E-state index contributed by atoms with van der Waals surface area (Å²) in [5, 5.41) is 9.38. The van der Waals surface area contributed by atoms with Crippen LogP contribution in [0.25, 0.3) is 0 Å². The summed E-state index contributed by atoms with van der Waals surface area (Å²) in [7, 11) is -2.88. The quantitative estimate of drug-likeness (QED) is 0.797. The third-order valence-electron chi connectivity index (χ3n) is 3.41. The molecule has 3 nitrogen and oxygen atoms in total. The number of aliphatic hydroxyl groups is 1. The van der Waals surface area contributed by atoms with Crippen molar-refractivity contribution in [2.45, 2.75) is 33.1 Å². The van der Waals surface area contributed by atoms with E-state index in [1.54, 1.807) is 6.92 Å². The third-order valence-corrected chi connectivity index (χ3v) is 5.20. The van der Waals surface area contributed by atoms with Crippen molar-refractivity contribution >= 4 is 9.84 Å². The molecule has 1 unspecified atom stereocenters. The molecular weight excluding hydrogens is 260 g/mol. The molecule has 1 atom stereocenters. The minimum atomic E-state index is -2.88. The Labute approximate surface area is 116 Å². The van der Waals surface area contributed by atoms with E-state index in [2.05, 4.69) is 24.3 Å². The molecule has 0 radical (unpaired) electrons. The fraction of sp³-hybridized carbons (Fsp3) is 0.600. The maximum Gasteiger partial charge on any atom is 0.150 e. The lowest BCUT2D eigenvalue weighted by molar-refractivity contribution is 0.217. The summed E-state index contributed by atoms with van der Waals surface area (Å²) in [5.41, 5.74) is 2.42. The van der Waals surface area contributed by atoms with Gasteiger partial charge >= 0.3 is 0 Å². The van der Waals surface area contributed by atoms with Gasteiger partial charge in [-0.25, -0.2) is 8.42 Å². The summed E-state index contributed by atoms with van der Waals surface area (Å²) in [5.74, 6) is 0.581. The number of sulfone groups is 1. The molecule has 1 N–H and O–H groups in total. The van der Waals surface area contributed by atoms with Gasteiger partial charge in [0.1, 0.15) is 9.84 Å². The first-order valence-corrected chi connectivity index (χ1v) is 8.66. The van der Waals surface area contributed by atoms with Gasteiger partial charge in [-0.05, 0) is 37.7 Å². The lowest BCUT2D eigenvalue weighted by Gasteiger charge is -2.14. The van der Waals surface area contributed by atoms with Gasteiger partial charge in [-0.3, -0.25) is 0 Å². The molecule has 0 spiro atoms. The number of hydrogen-bond donors (Lipinski definition) is 1. The van der Waals surface area contributed by atoms with Crippen LogP contribution < -0.4 is 0 Å². The number of rotatable bonds is 8. The van der Waals surface area contributed by atoms with Gasteiger partial charge in [0.25, 0.3) is 0 Å². The molecule has 0 heterocycles. The van der Waals surface area contributed by atoms with E-state index >= 15 is 0 Å². The Morgan fingerprint density at radius 1 is 1.21 bits per heavy atom. The molecule has 4 heteroatoms. The summed E-state index contributed by atoms with van der Waals surface area (Å²) in [6.45, 7) is 3.83. The van der Waals surface area contributed by atoms with E-state index in [9.17, 15) is 13.5 Å². The molecule has 0 fully saturated rings. The average Bonchev–Trinajstić information content (AvgIpc) is 2.40. The lowest BCUT2D eigenvalue weighted by Crippen LogP contribution is -2.14. The summed E-state index contributed by atoms with van der Waals surface area (Å²) >= 11 is 0. The second kappa shape index (κ2) is 7.65. The minimum absolute atomic E-state index is 0.111. The smallest absolute Gasteiger partial charge is 0.150 e. The van der Waals surface area contributed by atoms with Crippen LogP contribution in [0.15, 0.2) is 24.3 Å². The summed E-state index contributed by atoms with van der Waals surface area (Å²) in [6.07, 6.45) is 2.19. The molecule has 108 valence electrons. The van der Waals surface area contributed by atoms with Crippen LogP contribution in [0.3, 0.4) is 0 Å². The molecule has 1 aromatic rings. The maximum atomic E-state index is 11.4. The van der Waals surface area contributed by atoms with Gasteiger partial charge in [0.15, 0.2) is 0 Å². The Hall–Kier alpha value is -0.870. The van der Waals surface area contributed by atoms with Crippen LogP contribution in [-0.4, -0.2) is 31.6 Å². The molecule has 0 bridgehead atoms. The van der Waals surface area contributed by atoms with Gasteiger partial charge < -0.3 is 5.11 Å². The molecule has 0 amide bonds. The summed E-state index contributed by atoms with van der Waals surface area (Å²) in [6, 6.07) is 8.26. The van der Waals surface area contributed by atoms with Gasteiger partial charge in [-0.1, -0.05) is 36.8 Å². The molecule has 1 rings (SSSR count). The molecule has 0 saturated carbocycles. The van der Waals surface area contributed by atoms with Crippen LogP contribution in [0.5, 0.6) is 0 Å². The predicted molar refractivity (Wildman–Crippen MR) is 79.0 cm³/mol. The van der Waals surface area contributed by atoms with E-state index in [-0.39, 0.29) is 24.0 Å². The third kappa shape index (κ3) is 6.21. The summed E-state index contributed by atoms with van der Waals surface area (Å²) in [4.78, 5) is 0. The molecule has 0 aliphatic heterocycles. The first-order chi connectivity index (χ1) is 8.96. The first kappa shape index (κ1) is 16.2. The number of hydrogen-bond acceptors (Lipinski definition) is 3. The van der Waals surface area contributed by atoms with Crippen molar-refractivity contribution < 1.29 is 13.5 Å². The van der Waals surface area contributed by atoms with Crippen molar-refractivity contribution in [2.24, 2.45) is 5.92 Å². The number of aryl methyl sites for hydroxylation is 1.